The fourth-order valence-electron chi connectivity index (χ4n) is 2.32. The number of rotatable bonds is 5. The van der Waals surface area contributed by atoms with Crippen LogP contribution in [-0.2, 0) is 11.3 Å². The molecule has 2 aromatic rings. The molecule has 1 saturated heterocycles. The number of halogens is 1. The lowest BCUT2D eigenvalue weighted by molar-refractivity contribution is -0.116. The topological polar surface area (TPSA) is 63.9 Å². The molecule has 22 heavy (non-hydrogen) atoms. The van der Waals surface area contributed by atoms with E-state index in [9.17, 15) is 9.18 Å². The Labute approximate surface area is 131 Å². The van der Waals surface area contributed by atoms with Gasteiger partial charge in [0.1, 0.15) is 5.82 Å². The Kier molecular flexibility index (Phi) is 4.19. The van der Waals surface area contributed by atoms with Gasteiger partial charge in [0.25, 0.3) is 0 Å². The maximum absolute atomic E-state index is 13.8. The summed E-state index contributed by atoms with van der Waals surface area (Å²) in [6, 6.07) is 6.29. The zero-order valence-electron chi connectivity index (χ0n) is 11.7. The highest BCUT2D eigenvalue weighted by atomic mass is 32.2. The lowest BCUT2D eigenvalue weighted by Gasteiger charge is -2.17. The van der Waals surface area contributed by atoms with E-state index in [0.717, 1.165) is 0 Å². The zero-order valence-corrected chi connectivity index (χ0v) is 12.5. The summed E-state index contributed by atoms with van der Waals surface area (Å²) >= 11 is 1.30. The smallest absolute Gasteiger partial charge is 0.240 e. The van der Waals surface area contributed by atoms with Gasteiger partial charge in [0.2, 0.25) is 11.1 Å². The van der Waals surface area contributed by atoms with Crippen molar-refractivity contribution in [2.45, 2.75) is 23.4 Å². The molecule has 1 aromatic heterocycles. The highest BCUT2D eigenvalue weighted by Gasteiger charge is 2.35. The summed E-state index contributed by atoms with van der Waals surface area (Å²) in [5.41, 5.74) is 0.321. The predicted molar refractivity (Wildman–Crippen MR) is 81.0 cm³/mol. The van der Waals surface area contributed by atoms with Crippen LogP contribution in [0.4, 0.5) is 10.1 Å². The molecule has 1 aromatic carbocycles. The summed E-state index contributed by atoms with van der Waals surface area (Å²) in [5, 5.41) is 11.6. The van der Waals surface area contributed by atoms with Gasteiger partial charge in [-0.05, 0) is 29.0 Å². The van der Waals surface area contributed by atoms with E-state index in [0.29, 0.717) is 30.4 Å². The first-order chi connectivity index (χ1) is 10.7. The number of thioether (sulfide) groups is 1. The third kappa shape index (κ3) is 2.74. The van der Waals surface area contributed by atoms with Crippen LogP contribution in [0, 0.1) is 5.82 Å². The van der Waals surface area contributed by atoms with Crippen LogP contribution in [0.1, 0.15) is 6.42 Å². The Balaban J connectivity index is 1.75. The van der Waals surface area contributed by atoms with Gasteiger partial charge >= 0.3 is 0 Å². The average Bonchev–Trinajstić information content (AvgIpc) is 3.09. The molecular formula is C14H14FN5OS. The quantitative estimate of drug-likeness (QED) is 0.788. The molecule has 0 N–H and O–H groups in total. The van der Waals surface area contributed by atoms with Gasteiger partial charge in [-0.25, -0.2) is 9.07 Å². The lowest BCUT2D eigenvalue weighted by Crippen LogP contribution is -2.28. The van der Waals surface area contributed by atoms with E-state index < -0.39 is 5.82 Å². The Bertz CT molecular complexity index is 704. The summed E-state index contributed by atoms with van der Waals surface area (Å²) in [6.45, 7) is 4.61. The van der Waals surface area contributed by atoms with Crippen molar-refractivity contribution in [3.63, 3.8) is 0 Å². The third-order valence-corrected chi connectivity index (χ3v) is 4.57. The fraction of sp³-hybridized carbons (Fsp3) is 0.286. The second kappa shape index (κ2) is 6.27. The maximum Gasteiger partial charge on any atom is 0.240 e. The lowest BCUT2D eigenvalue weighted by atomic mass is 10.3. The average molecular weight is 319 g/mol. The number of amides is 1. The van der Waals surface area contributed by atoms with Crippen molar-refractivity contribution < 1.29 is 9.18 Å². The van der Waals surface area contributed by atoms with E-state index in [1.54, 1.807) is 29.0 Å². The third-order valence-electron chi connectivity index (χ3n) is 3.35. The highest BCUT2D eigenvalue weighted by Crippen LogP contribution is 2.32. The second-order valence-electron chi connectivity index (χ2n) is 4.77. The number of benzene rings is 1. The van der Waals surface area contributed by atoms with E-state index >= 15 is 0 Å². The van der Waals surface area contributed by atoms with Gasteiger partial charge in [-0.1, -0.05) is 30.0 Å². The summed E-state index contributed by atoms with van der Waals surface area (Å²) in [6.07, 6.45) is 2.31. The molecular weight excluding hydrogens is 305 g/mol. The normalized spacial score (nSPS) is 18.0. The van der Waals surface area contributed by atoms with Crippen molar-refractivity contribution in [3.8, 4) is 0 Å². The van der Waals surface area contributed by atoms with Crippen LogP contribution in [0.3, 0.4) is 0 Å². The van der Waals surface area contributed by atoms with Crippen molar-refractivity contribution in [1.29, 1.82) is 0 Å². The molecule has 0 unspecified atom stereocenters. The number of carbonyl (C=O) groups is 1. The molecule has 1 aliphatic rings. The Morgan fingerprint density at radius 3 is 3.05 bits per heavy atom. The van der Waals surface area contributed by atoms with E-state index in [2.05, 4.69) is 22.1 Å². The van der Waals surface area contributed by atoms with Gasteiger partial charge < -0.3 is 4.90 Å². The number of hydrogen-bond donors (Lipinski definition) is 0. The molecule has 0 aliphatic carbocycles. The number of carbonyl (C=O) groups excluding carboxylic acids is 1. The molecule has 2 heterocycles. The van der Waals surface area contributed by atoms with Crippen molar-refractivity contribution in [2.24, 2.45) is 0 Å². The first-order valence-corrected chi connectivity index (χ1v) is 7.68. The minimum absolute atomic E-state index is 0.122. The van der Waals surface area contributed by atoms with Gasteiger partial charge in [-0.2, -0.15) is 0 Å². The number of allylic oxidation sites excluding steroid dienone is 1. The number of nitrogens with zero attached hydrogens (tertiary/aromatic N) is 5. The monoisotopic (exact) mass is 319 g/mol. The summed E-state index contributed by atoms with van der Waals surface area (Å²) in [5.74, 6) is -0.513. The molecule has 0 bridgehead atoms. The van der Waals surface area contributed by atoms with E-state index in [1.807, 2.05) is 0 Å². The first kappa shape index (κ1) is 14.7. The summed E-state index contributed by atoms with van der Waals surface area (Å²) in [7, 11) is 0. The zero-order chi connectivity index (χ0) is 15.5. The van der Waals surface area contributed by atoms with E-state index in [-0.39, 0.29) is 11.2 Å². The van der Waals surface area contributed by atoms with Gasteiger partial charge in [0.05, 0.1) is 17.5 Å². The molecule has 0 saturated carbocycles. The van der Waals surface area contributed by atoms with Crippen LogP contribution < -0.4 is 4.90 Å². The van der Waals surface area contributed by atoms with Crippen molar-refractivity contribution in [3.05, 3.63) is 42.7 Å². The van der Waals surface area contributed by atoms with E-state index in [1.165, 1.54) is 22.7 Å². The minimum Gasteiger partial charge on any atom is -0.309 e. The highest BCUT2D eigenvalue weighted by molar-refractivity contribution is 8.00. The molecule has 1 fully saturated rings. The van der Waals surface area contributed by atoms with Crippen LogP contribution in [-0.4, -0.2) is 37.9 Å². The summed E-state index contributed by atoms with van der Waals surface area (Å²) < 4.78 is 15.4. The molecule has 0 radical (unpaired) electrons. The Morgan fingerprint density at radius 2 is 2.27 bits per heavy atom. The van der Waals surface area contributed by atoms with Gasteiger partial charge in [0, 0.05) is 6.54 Å². The minimum atomic E-state index is -0.391. The predicted octanol–water partition coefficient (Wildman–Crippen LogP) is 1.90. The summed E-state index contributed by atoms with van der Waals surface area (Å²) in [4.78, 5) is 14.0. The molecule has 1 aliphatic heterocycles. The number of anilines is 1. The molecule has 1 amide bonds. The number of aromatic nitrogens is 4. The molecule has 114 valence electrons. The molecule has 3 rings (SSSR count). The van der Waals surface area contributed by atoms with Gasteiger partial charge in [0.15, 0.2) is 0 Å². The number of tetrazole rings is 1. The standard InChI is InChI=1S/C14H14FN5OS/c1-2-8-20-14(16-17-18-20)22-12-7-9-19(13(12)21)11-6-4-3-5-10(11)15/h2-6,12H,1,7-9H2/t12-/m0/s1. The number of para-hydroxylation sites is 1. The van der Waals surface area contributed by atoms with Crippen LogP contribution in [0.2, 0.25) is 0 Å². The first-order valence-electron chi connectivity index (χ1n) is 6.80. The molecule has 0 spiro atoms. The Morgan fingerprint density at radius 1 is 1.45 bits per heavy atom. The SMILES string of the molecule is C=CCn1nnnc1S[C@H]1CCN(c2ccccc2F)C1=O. The van der Waals surface area contributed by atoms with Crippen LogP contribution in [0.15, 0.2) is 42.1 Å². The van der Waals surface area contributed by atoms with E-state index in [4.69, 9.17) is 0 Å². The van der Waals surface area contributed by atoms with Crippen molar-refractivity contribution in [1.82, 2.24) is 20.2 Å². The van der Waals surface area contributed by atoms with Gasteiger partial charge in [-0.15, -0.1) is 11.7 Å². The molecule has 8 heteroatoms. The Hall–Kier alpha value is -2.22. The van der Waals surface area contributed by atoms with Crippen LogP contribution >= 0.6 is 11.8 Å². The molecule has 6 nitrogen and oxygen atoms in total. The second-order valence-corrected chi connectivity index (χ2v) is 5.94. The maximum atomic E-state index is 13.8. The van der Waals surface area contributed by atoms with Gasteiger partial charge in [-0.3, -0.25) is 4.79 Å². The van der Waals surface area contributed by atoms with Crippen LogP contribution in [0.25, 0.3) is 0 Å². The molecule has 1 atom stereocenters. The largest absolute Gasteiger partial charge is 0.309 e. The van der Waals surface area contributed by atoms with Crippen molar-refractivity contribution >= 4 is 23.4 Å². The fourth-order valence-corrected chi connectivity index (χ4v) is 3.34. The van der Waals surface area contributed by atoms with Crippen molar-refractivity contribution in [2.75, 3.05) is 11.4 Å². The number of hydrogen-bond acceptors (Lipinski definition) is 5. The van der Waals surface area contributed by atoms with Crippen LogP contribution in [0.5, 0.6) is 0 Å².